The van der Waals surface area contributed by atoms with Gasteiger partial charge in [0.15, 0.2) is 0 Å². The van der Waals surface area contributed by atoms with Crippen LogP contribution in [0.2, 0.25) is 0 Å². The van der Waals surface area contributed by atoms with Gasteiger partial charge in [-0.05, 0) is 44.9 Å². The van der Waals surface area contributed by atoms with E-state index in [9.17, 15) is 0 Å². The Morgan fingerprint density at radius 3 is 2.83 bits per heavy atom. The molecular formula is C12H20. The van der Waals surface area contributed by atoms with Crippen LogP contribution in [0.15, 0.2) is 23.8 Å². The zero-order valence-corrected chi connectivity index (χ0v) is 8.61. The Labute approximate surface area is 76.4 Å². The van der Waals surface area contributed by atoms with Gasteiger partial charge in [-0.2, -0.15) is 0 Å². The Balaban J connectivity index is 2.75. The SMILES string of the molecule is C=C(C)CC1(C)CCC/C1=C\C. The molecule has 0 saturated heterocycles. The third-order valence-corrected chi connectivity index (χ3v) is 2.99. The lowest BCUT2D eigenvalue weighted by Crippen LogP contribution is -2.13. The second-order valence-corrected chi connectivity index (χ2v) is 4.36. The van der Waals surface area contributed by atoms with E-state index >= 15 is 0 Å². The first-order valence-corrected chi connectivity index (χ1v) is 4.88. The molecule has 0 aromatic heterocycles. The summed E-state index contributed by atoms with van der Waals surface area (Å²) >= 11 is 0. The normalized spacial score (nSPS) is 32.8. The molecule has 0 heterocycles. The number of allylic oxidation sites excluding steroid dienone is 3. The van der Waals surface area contributed by atoms with Gasteiger partial charge in [-0.25, -0.2) is 0 Å². The number of hydrogen-bond donors (Lipinski definition) is 0. The molecular weight excluding hydrogens is 144 g/mol. The van der Waals surface area contributed by atoms with E-state index in [1.54, 1.807) is 5.57 Å². The molecule has 1 fully saturated rings. The zero-order chi connectivity index (χ0) is 9.19. The topological polar surface area (TPSA) is 0 Å². The van der Waals surface area contributed by atoms with Crippen molar-refractivity contribution >= 4 is 0 Å². The maximum absolute atomic E-state index is 4.01. The highest BCUT2D eigenvalue weighted by Gasteiger charge is 2.32. The minimum Gasteiger partial charge on any atom is -0.100 e. The molecule has 1 aliphatic rings. The number of hydrogen-bond acceptors (Lipinski definition) is 0. The third-order valence-electron chi connectivity index (χ3n) is 2.99. The van der Waals surface area contributed by atoms with Gasteiger partial charge < -0.3 is 0 Å². The van der Waals surface area contributed by atoms with Crippen LogP contribution in [-0.4, -0.2) is 0 Å². The summed E-state index contributed by atoms with van der Waals surface area (Å²) in [5.41, 5.74) is 3.41. The maximum atomic E-state index is 4.01. The van der Waals surface area contributed by atoms with E-state index in [4.69, 9.17) is 0 Å². The molecule has 1 saturated carbocycles. The van der Waals surface area contributed by atoms with Crippen LogP contribution < -0.4 is 0 Å². The lowest BCUT2D eigenvalue weighted by molar-refractivity contribution is 0.406. The fourth-order valence-electron chi connectivity index (χ4n) is 2.49. The van der Waals surface area contributed by atoms with Crippen LogP contribution in [-0.2, 0) is 0 Å². The van der Waals surface area contributed by atoms with Gasteiger partial charge in [0, 0.05) is 0 Å². The van der Waals surface area contributed by atoms with Gasteiger partial charge in [0.1, 0.15) is 0 Å². The average molecular weight is 164 g/mol. The molecule has 1 aliphatic carbocycles. The first-order valence-electron chi connectivity index (χ1n) is 4.88. The van der Waals surface area contributed by atoms with E-state index in [1.165, 1.54) is 31.3 Å². The quantitative estimate of drug-likeness (QED) is 0.539. The highest BCUT2D eigenvalue weighted by atomic mass is 14.4. The van der Waals surface area contributed by atoms with E-state index in [0.29, 0.717) is 5.41 Å². The predicted octanol–water partition coefficient (Wildman–Crippen LogP) is 4.09. The molecule has 0 nitrogen and oxygen atoms in total. The fourth-order valence-corrected chi connectivity index (χ4v) is 2.49. The molecule has 0 aromatic rings. The molecule has 0 aromatic carbocycles. The Morgan fingerprint density at radius 1 is 1.67 bits per heavy atom. The largest absolute Gasteiger partial charge is 0.100 e. The Morgan fingerprint density at radius 2 is 2.33 bits per heavy atom. The van der Waals surface area contributed by atoms with Crippen LogP contribution in [0.5, 0.6) is 0 Å². The van der Waals surface area contributed by atoms with Gasteiger partial charge in [0.2, 0.25) is 0 Å². The average Bonchev–Trinajstić information content (AvgIpc) is 2.28. The van der Waals surface area contributed by atoms with Crippen molar-refractivity contribution in [2.24, 2.45) is 5.41 Å². The lowest BCUT2D eigenvalue weighted by atomic mass is 9.79. The minimum absolute atomic E-state index is 0.445. The summed E-state index contributed by atoms with van der Waals surface area (Å²) in [6.07, 6.45) is 7.49. The summed E-state index contributed by atoms with van der Waals surface area (Å²) in [6.45, 7) is 10.7. The van der Waals surface area contributed by atoms with Crippen LogP contribution in [0.4, 0.5) is 0 Å². The van der Waals surface area contributed by atoms with Crippen molar-refractivity contribution in [3.63, 3.8) is 0 Å². The number of rotatable bonds is 2. The van der Waals surface area contributed by atoms with Gasteiger partial charge in [-0.15, -0.1) is 6.58 Å². The molecule has 1 rings (SSSR count). The second-order valence-electron chi connectivity index (χ2n) is 4.36. The molecule has 0 bridgehead atoms. The van der Waals surface area contributed by atoms with Gasteiger partial charge in [-0.3, -0.25) is 0 Å². The molecule has 0 radical (unpaired) electrons. The first kappa shape index (κ1) is 9.57. The van der Waals surface area contributed by atoms with Gasteiger partial charge in [-0.1, -0.05) is 24.1 Å². The second kappa shape index (κ2) is 3.47. The van der Waals surface area contributed by atoms with Crippen LogP contribution in [0.25, 0.3) is 0 Å². The molecule has 0 heteroatoms. The Kier molecular flexibility index (Phi) is 2.76. The van der Waals surface area contributed by atoms with E-state index < -0.39 is 0 Å². The van der Waals surface area contributed by atoms with Crippen LogP contribution in [0.1, 0.15) is 46.5 Å². The fraction of sp³-hybridized carbons (Fsp3) is 0.667. The molecule has 0 N–H and O–H groups in total. The molecule has 1 unspecified atom stereocenters. The van der Waals surface area contributed by atoms with Crippen molar-refractivity contribution in [3.05, 3.63) is 23.8 Å². The van der Waals surface area contributed by atoms with Crippen molar-refractivity contribution in [2.75, 3.05) is 0 Å². The summed E-state index contributed by atoms with van der Waals surface area (Å²) in [6, 6.07) is 0. The summed E-state index contributed by atoms with van der Waals surface area (Å²) < 4.78 is 0. The van der Waals surface area contributed by atoms with E-state index in [2.05, 4.69) is 33.4 Å². The van der Waals surface area contributed by atoms with Crippen molar-refractivity contribution < 1.29 is 0 Å². The highest BCUT2D eigenvalue weighted by Crippen LogP contribution is 2.46. The Bertz CT molecular complexity index is 210. The molecule has 68 valence electrons. The van der Waals surface area contributed by atoms with Crippen molar-refractivity contribution in [1.82, 2.24) is 0 Å². The van der Waals surface area contributed by atoms with Gasteiger partial charge in [0.05, 0.1) is 0 Å². The van der Waals surface area contributed by atoms with E-state index in [1.807, 2.05) is 0 Å². The van der Waals surface area contributed by atoms with E-state index in [0.717, 1.165) is 0 Å². The third kappa shape index (κ3) is 1.80. The summed E-state index contributed by atoms with van der Waals surface area (Å²) in [5.74, 6) is 0. The summed E-state index contributed by atoms with van der Waals surface area (Å²) in [7, 11) is 0. The van der Waals surface area contributed by atoms with Crippen LogP contribution in [0, 0.1) is 5.41 Å². The lowest BCUT2D eigenvalue weighted by Gasteiger charge is -2.26. The predicted molar refractivity (Wildman–Crippen MR) is 55.1 cm³/mol. The molecule has 0 amide bonds. The summed E-state index contributed by atoms with van der Waals surface area (Å²) in [5, 5.41) is 0. The van der Waals surface area contributed by atoms with Crippen molar-refractivity contribution in [1.29, 1.82) is 0 Å². The first-order chi connectivity index (χ1) is 5.58. The molecule has 12 heavy (non-hydrogen) atoms. The maximum Gasteiger partial charge on any atom is -0.00795 e. The van der Waals surface area contributed by atoms with Gasteiger partial charge >= 0.3 is 0 Å². The van der Waals surface area contributed by atoms with Crippen molar-refractivity contribution in [2.45, 2.75) is 46.5 Å². The monoisotopic (exact) mass is 164 g/mol. The Hall–Kier alpha value is -0.520. The zero-order valence-electron chi connectivity index (χ0n) is 8.61. The van der Waals surface area contributed by atoms with Crippen molar-refractivity contribution in [3.8, 4) is 0 Å². The highest BCUT2D eigenvalue weighted by molar-refractivity contribution is 5.20. The van der Waals surface area contributed by atoms with Crippen LogP contribution in [0.3, 0.4) is 0 Å². The van der Waals surface area contributed by atoms with E-state index in [-0.39, 0.29) is 0 Å². The minimum atomic E-state index is 0.445. The summed E-state index contributed by atoms with van der Waals surface area (Å²) in [4.78, 5) is 0. The van der Waals surface area contributed by atoms with Gasteiger partial charge in [0.25, 0.3) is 0 Å². The van der Waals surface area contributed by atoms with Crippen LogP contribution >= 0.6 is 0 Å². The molecule has 0 spiro atoms. The molecule has 0 aliphatic heterocycles. The smallest absolute Gasteiger partial charge is 0.00795 e. The standard InChI is InChI=1S/C12H20/c1-5-11-7-6-8-12(11,4)9-10(2)3/h5H,2,6-9H2,1,3-4H3/b11-5+. The molecule has 1 atom stereocenters.